The number of aliphatic imine (C=N–C) groups is 1. The third-order valence-corrected chi connectivity index (χ3v) is 2.04. The standard InChI is InChI=1S/C10H7F6N3O2/c1-4-2-6(19-18-4)17-3-5(7(20)9(11,12)13)8(21)10(14,15)16/h2-3,20H,1H3,(H,18,19). The van der Waals surface area contributed by atoms with Crippen LogP contribution in [0.15, 0.2) is 22.4 Å². The predicted molar refractivity (Wildman–Crippen MR) is 58.2 cm³/mol. The van der Waals surface area contributed by atoms with Crippen molar-refractivity contribution in [2.75, 3.05) is 0 Å². The average Bonchev–Trinajstić information content (AvgIpc) is 2.72. The lowest BCUT2D eigenvalue weighted by atomic mass is 10.1. The molecular formula is C10H7F6N3O2. The van der Waals surface area contributed by atoms with Crippen LogP contribution in [0.3, 0.4) is 0 Å². The minimum Gasteiger partial charge on any atom is -0.504 e. The van der Waals surface area contributed by atoms with Crippen molar-refractivity contribution in [1.29, 1.82) is 0 Å². The minimum absolute atomic E-state index is 0.0335. The van der Waals surface area contributed by atoms with E-state index in [1.165, 1.54) is 13.0 Å². The number of carbonyl (C=O) groups is 1. The van der Waals surface area contributed by atoms with Gasteiger partial charge in [-0.2, -0.15) is 31.4 Å². The molecule has 0 unspecified atom stereocenters. The van der Waals surface area contributed by atoms with Gasteiger partial charge in [-0.1, -0.05) is 0 Å². The molecule has 11 heteroatoms. The fraction of sp³-hybridized carbons (Fsp3) is 0.300. The highest BCUT2D eigenvalue weighted by Gasteiger charge is 2.46. The zero-order chi connectivity index (χ0) is 16.4. The van der Waals surface area contributed by atoms with Crippen LogP contribution in [0.25, 0.3) is 0 Å². The lowest BCUT2D eigenvalue weighted by Gasteiger charge is -2.10. The summed E-state index contributed by atoms with van der Waals surface area (Å²) in [4.78, 5) is 14.1. The van der Waals surface area contributed by atoms with Crippen molar-refractivity contribution >= 4 is 17.8 Å². The second kappa shape index (κ2) is 5.58. The second-order valence-electron chi connectivity index (χ2n) is 3.75. The summed E-state index contributed by atoms with van der Waals surface area (Å²) >= 11 is 0. The van der Waals surface area contributed by atoms with Gasteiger partial charge in [-0.05, 0) is 6.92 Å². The first kappa shape index (κ1) is 16.7. The minimum atomic E-state index is -5.60. The number of H-pyrrole nitrogens is 1. The largest absolute Gasteiger partial charge is 0.504 e. The number of hydrogen-bond donors (Lipinski definition) is 2. The number of alkyl halides is 6. The van der Waals surface area contributed by atoms with Gasteiger partial charge in [0.05, 0.1) is 5.57 Å². The highest BCUT2D eigenvalue weighted by atomic mass is 19.4. The molecule has 0 amide bonds. The molecule has 0 bridgehead atoms. The highest BCUT2D eigenvalue weighted by molar-refractivity contribution is 6.16. The fourth-order valence-corrected chi connectivity index (χ4v) is 1.13. The molecule has 0 aromatic carbocycles. The number of carbonyl (C=O) groups excluding carboxylic acids is 1. The van der Waals surface area contributed by atoms with E-state index in [-0.39, 0.29) is 12.0 Å². The Morgan fingerprint density at radius 3 is 2.24 bits per heavy atom. The molecule has 0 saturated heterocycles. The summed E-state index contributed by atoms with van der Waals surface area (Å²) in [6.45, 7) is 1.51. The Morgan fingerprint density at radius 1 is 1.29 bits per heavy atom. The molecule has 5 nitrogen and oxygen atoms in total. The van der Waals surface area contributed by atoms with Gasteiger partial charge in [0.15, 0.2) is 5.82 Å². The molecule has 0 spiro atoms. The van der Waals surface area contributed by atoms with Gasteiger partial charge in [0.25, 0.3) is 5.78 Å². The zero-order valence-electron chi connectivity index (χ0n) is 10.2. The summed E-state index contributed by atoms with van der Waals surface area (Å²) in [7, 11) is 0. The molecule has 0 atom stereocenters. The van der Waals surface area contributed by atoms with Crippen LogP contribution in [0, 0.1) is 6.92 Å². The van der Waals surface area contributed by atoms with Crippen LogP contribution in [0.2, 0.25) is 0 Å². The van der Waals surface area contributed by atoms with E-state index in [4.69, 9.17) is 5.11 Å². The Hall–Kier alpha value is -2.33. The molecular weight excluding hydrogens is 308 g/mol. The zero-order valence-corrected chi connectivity index (χ0v) is 10.2. The smallest absolute Gasteiger partial charge is 0.455 e. The summed E-state index contributed by atoms with van der Waals surface area (Å²) in [6.07, 6.45) is -11.2. The molecule has 0 fully saturated rings. The number of hydrogen-bond acceptors (Lipinski definition) is 4. The number of aryl methyl sites for hydroxylation is 1. The van der Waals surface area contributed by atoms with Gasteiger partial charge in [0.1, 0.15) is 0 Å². The summed E-state index contributed by atoms with van der Waals surface area (Å²) in [5, 5.41) is 14.5. The maximum absolute atomic E-state index is 12.3. The normalized spacial score (nSPS) is 14.4. The third kappa shape index (κ3) is 4.33. The first-order valence-corrected chi connectivity index (χ1v) is 5.11. The molecule has 0 aliphatic carbocycles. The first-order chi connectivity index (χ1) is 9.43. The van der Waals surface area contributed by atoms with Crippen LogP contribution in [0.5, 0.6) is 0 Å². The number of nitrogens with one attached hydrogen (secondary N) is 1. The van der Waals surface area contributed by atoms with Crippen LogP contribution in [0.1, 0.15) is 5.69 Å². The number of rotatable bonds is 3. The van der Waals surface area contributed by atoms with Crippen LogP contribution >= 0.6 is 0 Å². The van der Waals surface area contributed by atoms with E-state index in [9.17, 15) is 31.1 Å². The van der Waals surface area contributed by atoms with Gasteiger partial charge in [0, 0.05) is 18.0 Å². The maximum Gasteiger partial charge on any atom is 0.455 e. The Labute approximate surface area is 113 Å². The molecule has 2 N–H and O–H groups in total. The molecule has 0 saturated carbocycles. The average molecular weight is 315 g/mol. The number of nitrogens with zero attached hydrogens (tertiary/aromatic N) is 2. The molecule has 116 valence electrons. The Bertz CT molecular complexity index is 597. The summed E-state index contributed by atoms with van der Waals surface area (Å²) in [5.74, 6) is -5.80. The van der Waals surface area contributed by atoms with Gasteiger partial charge >= 0.3 is 12.4 Å². The monoisotopic (exact) mass is 315 g/mol. The number of halogens is 6. The summed E-state index contributed by atoms with van der Waals surface area (Å²) < 4.78 is 73.5. The van der Waals surface area contributed by atoms with Gasteiger partial charge in [0.2, 0.25) is 5.76 Å². The van der Waals surface area contributed by atoms with Crippen molar-refractivity contribution in [3.63, 3.8) is 0 Å². The van der Waals surface area contributed by atoms with E-state index in [0.717, 1.165) is 0 Å². The topological polar surface area (TPSA) is 78.3 Å². The highest BCUT2D eigenvalue weighted by Crippen LogP contribution is 2.29. The number of aliphatic hydroxyl groups is 1. The van der Waals surface area contributed by atoms with Crippen LogP contribution < -0.4 is 0 Å². The number of aliphatic hydroxyl groups excluding tert-OH is 1. The lowest BCUT2D eigenvalue weighted by Crippen LogP contribution is -2.29. The number of allylic oxidation sites excluding steroid dienone is 2. The van der Waals surface area contributed by atoms with E-state index in [1.54, 1.807) is 0 Å². The third-order valence-electron chi connectivity index (χ3n) is 2.04. The molecule has 21 heavy (non-hydrogen) atoms. The summed E-state index contributed by atoms with van der Waals surface area (Å²) in [6, 6.07) is 1.21. The molecule has 0 aliphatic heterocycles. The quantitative estimate of drug-likeness (QED) is 0.389. The molecule has 1 heterocycles. The van der Waals surface area contributed by atoms with E-state index in [2.05, 4.69) is 15.2 Å². The molecule has 1 aromatic heterocycles. The van der Waals surface area contributed by atoms with Crippen molar-refractivity contribution < 1.29 is 36.2 Å². The SMILES string of the molecule is Cc1cc(N=CC(C(=O)C(F)(F)F)=C(O)C(F)(F)F)n[nH]1. The lowest BCUT2D eigenvalue weighted by molar-refractivity contribution is -0.167. The van der Waals surface area contributed by atoms with Crippen molar-refractivity contribution in [3.8, 4) is 0 Å². The molecule has 0 aliphatic rings. The first-order valence-electron chi connectivity index (χ1n) is 5.11. The Balaban J connectivity index is 3.28. The van der Waals surface area contributed by atoms with Gasteiger partial charge < -0.3 is 5.11 Å². The van der Waals surface area contributed by atoms with Crippen molar-refractivity contribution in [3.05, 3.63) is 23.1 Å². The van der Waals surface area contributed by atoms with Gasteiger partial charge in [-0.25, -0.2) is 4.99 Å². The molecule has 1 rings (SSSR count). The second-order valence-corrected chi connectivity index (χ2v) is 3.75. The van der Waals surface area contributed by atoms with Gasteiger partial charge in [-0.3, -0.25) is 9.89 Å². The van der Waals surface area contributed by atoms with Crippen molar-refractivity contribution in [2.24, 2.45) is 4.99 Å². The van der Waals surface area contributed by atoms with Crippen LogP contribution in [-0.2, 0) is 4.79 Å². The fourth-order valence-electron chi connectivity index (χ4n) is 1.13. The van der Waals surface area contributed by atoms with Crippen LogP contribution in [0.4, 0.5) is 32.2 Å². The number of aromatic nitrogens is 2. The van der Waals surface area contributed by atoms with Crippen molar-refractivity contribution in [1.82, 2.24) is 10.2 Å². The van der Waals surface area contributed by atoms with E-state index in [0.29, 0.717) is 5.69 Å². The van der Waals surface area contributed by atoms with Crippen LogP contribution in [-0.4, -0.2) is 39.7 Å². The van der Waals surface area contributed by atoms with Crippen molar-refractivity contribution in [2.45, 2.75) is 19.3 Å². The number of ketones is 1. The van der Waals surface area contributed by atoms with E-state index >= 15 is 0 Å². The van der Waals surface area contributed by atoms with E-state index < -0.39 is 29.5 Å². The van der Waals surface area contributed by atoms with E-state index in [1.807, 2.05) is 0 Å². The number of Topliss-reactive ketones (excluding diaryl/α,β-unsaturated/α-hetero) is 1. The Morgan fingerprint density at radius 2 is 1.86 bits per heavy atom. The Kier molecular flexibility index (Phi) is 4.44. The van der Waals surface area contributed by atoms with Gasteiger partial charge in [-0.15, -0.1) is 0 Å². The molecule has 0 radical (unpaired) electrons. The summed E-state index contributed by atoms with van der Waals surface area (Å²) in [5.41, 5.74) is -1.58. The maximum atomic E-state index is 12.3. The predicted octanol–water partition coefficient (Wildman–Crippen LogP) is 2.93. The number of aromatic amines is 1. The molecule has 1 aromatic rings.